The van der Waals surface area contributed by atoms with Gasteiger partial charge in [-0.25, -0.2) is 13.8 Å². The van der Waals surface area contributed by atoms with Crippen LogP contribution in [0.15, 0.2) is 32.9 Å². The maximum atomic E-state index is 16.1. The molecule has 7 N–H and O–H groups in total. The Balaban J connectivity index is 1.17. The van der Waals surface area contributed by atoms with Crippen molar-refractivity contribution in [3.05, 3.63) is 28.5 Å². The molecule has 3 fully saturated rings. The molecule has 244 valence electrons. The summed E-state index contributed by atoms with van der Waals surface area (Å²) in [6.45, 7) is -9.59. The Kier molecular flexibility index (Phi) is 8.18. The molecule has 45 heavy (non-hydrogen) atoms. The van der Waals surface area contributed by atoms with Crippen LogP contribution < -0.4 is 17.0 Å². The number of aromatic amines is 1. The molecule has 5 aliphatic heterocycles. The largest absolute Gasteiger partial charge is 0.400 e. The molecule has 12 atom stereocenters. The van der Waals surface area contributed by atoms with Gasteiger partial charge < -0.3 is 39.9 Å². The second-order valence-electron chi connectivity index (χ2n) is 10.5. The third-order valence-corrected chi connectivity index (χ3v) is 12.3. The lowest BCUT2D eigenvalue weighted by Gasteiger charge is -2.32. The summed E-state index contributed by atoms with van der Waals surface area (Å²) >= 11 is 11.4. The Hall–Kier alpha value is -1.94. The number of nitrogens with zero attached hydrogens (tertiary/aromatic N) is 6. The predicted octanol–water partition coefficient (Wildman–Crippen LogP) is -0.0667. The average Bonchev–Trinajstić information content (AvgIpc) is 3.72. The molecule has 2 aromatic heterocycles. The zero-order valence-corrected chi connectivity index (χ0v) is 26.8. The Labute approximate surface area is 266 Å². The topological polar surface area (TPSA) is 230 Å². The number of hydrogen-bond donors (Lipinski definition) is 5. The minimum Gasteiger partial charge on any atom is -0.400 e. The van der Waals surface area contributed by atoms with Gasteiger partial charge in [-0.3, -0.25) is 33.4 Å². The van der Waals surface area contributed by atoms with Crippen molar-refractivity contribution in [1.29, 1.82) is 0 Å². The van der Waals surface area contributed by atoms with Gasteiger partial charge in [0.05, 0.1) is 31.1 Å². The Morgan fingerprint density at radius 2 is 1.82 bits per heavy atom. The van der Waals surface area contributed by atoms with Crippen molar-refractivity contribution in [2.75, 3.05) is 18.9 Å². The molecule has 0 aliphatic carbocycles. The second-order valence-corrected chi connectivity index (χ2v) is 17.4. The van der Waals surface area contributed by atoms with E-state index in [0.717, 1.165) is 11.8 Å². The van der Waals surface area contributed by atoms with Crippen LogP contribution in [0.3, 0.4) is 0 Å². The van der Waals surface area contributed by atoms with E-state index in [2.05, 4.69) is 24.9 Å². The first-order valence-corrected chi connectivity index (χ1v) is 19.4. The molecule has 4 unspecified atom stereocenters. The monoisotopic (exact) mass is 727 g/mol. The van der Waals surface area contributed by atoms with Crippen LogP contribution in [0.1, 0.15) is 5.37 Å². The Morgan fingerprint density at radius 1 is 1.09 bits per heavy atom. The number of thioether (sulfide) groups is 1. The Bertz CT molecular complexity index is 1770. The molecule has 0 radical (unpaired) electrons. The van der Waals surface area contributed by atoms with E-state index in [-0.39, 0.29) is 17.1 Å². The highest BCUT2D eigenvalue weighted by Gasteiger charge is 2.55. The molecule has 17 nitrogen and oxygen atoms in total. The number of dihydropyridines is 1. The van der Waals surface area contributed by atoms with E-state index in [1.807, 2.05) is 0 Å². The van der Waals surface area contributed by atoms with E-state index in [1.54, 1.807) is 6.08 Å². The number of aromatic nitrogens is 4. The van der Waals surface area contributed by atoms with Crippen molar-refractivity contribution < 1.29 is 41.4 Å². The summed E-state index contributed by atoms with van der Waals surface area (Å²) < 4.78 is 61.7. The number of fused-ring (bicyclic) bond motifs is 5. The minimum absolute atomic E-state index is 0.0227. The van der Waals surface area contributed by atoms with E-state index >= 15 is 8.78 Å². The lowest BCUT2D eigenvalue weighted by atomic mass is 10.1. The molecule has 3 saturated heterocycles. The van der Waals surface area contributed by atoms with Crippen molar-refractivity contribution in [3.63, 3.8) is 0 Å². The van der Waals surface area contributed by atoms with Crippen LogP contribution in [0.2, 0.25) is 0 Å². The highest BCUT2D eigenvalue weighted by molar-refractivity contribution is 8.07. The number of rotatable bonds is 2. The normalized spacial score (nSPS) is 43.4. The molecule has 0 aromatic carbocycles. The molecule has 0 saturated carbocycles. The molecule has 5 aliphatic rings. The molecule has 7 heterocycles. The number of alkyl halides is 2. The summed E-state index contributed by atoms with van der Waals surface area (Å²) in [4.78, 5) is 54.9. The third kappa shape index (κ3) is 5.78. The Morgan fingerprint density at radius 3 is 2.60 bits per heavy atom. The summed E-state index contributed by atoms with van der Waals surface area (Å²) in [5.41, 5.74) is 11.5. The standard InChI is InChI=1S/C21H25F2N9O8P2S3/c22-10-9-4-37-42(35,44)39-14-8(38-19(11(14)23)31-5-27-12-7(24)1-2-26-16(12)31)3-36-41(34,43)40-15(10)20(45-9)32-6-28-13-17(32)29-21(25)30-18(13)33/h1-2,5-6,8-12,14-16,19-20H,3-4,24H2,(H,34,43)(H,35,44)(H3,25,29,30,33)/t8-,9-,10+,11+,12?,14-,15-,16?,19-,20-,41?,42?/m1/s1. The molecular weight excluding hydrogens is 702 g/mol. The molecule has 7 rings (SSSR count). The van der Waals surface area contributed by atoms with Crippen molar-refractivity contribution in [3.8, 4) is 0 Å². The number of imidazole rings is 1. The lowest BCUT2D eigenvalue weighted by Crippen LogP contribution is -2.48. The van der Waals surface area contributed by atoms with Gasteiger partial charge in [-0.15, -0.1) is 11.8 Å². The molecule has 0 amide bonds. The van der Waals surface area contributed by atoms with Crippen LogP contribution in [0.25, 0.3) is 11.2 Å². The summed E-state index contributed by atoms with van der Waals surface area (Å²) in [7, 11) is 0. The number of hydrogen-bond acceptors (Lipinski definition) is 16. The van der Waals surface area contributed by atoms with Gasteiger partial charge in [-0.05, 0) is 29.7 Å². The van der Waals surface area contributed by atoms with E-state index < -0.39 is 91.9 Å². The fourth-order valence-corrected chi connectivity index (χ4v) is 10.1. The highest BCUT2D eigenvalue weighted by atomic mass is 32.5. The number of H-pyrrole nitrogens is 1. The van der Waals surface area contributed by atoms with Gasteiger partial charge in [0, 0.05) is 11.9 Å². The molecule has 0 spiro atoms. The SMILES string of the molecule is NC1=CC=NC2C1N=CN2[C@@H]1O[C@@H]2COP(O)(=S)O[C@@H]3[C@@H](F)[C@@H](COP(O)(=S)O[C@H]2[C@@H]1F)S[C@H]3n1cnc2c(=O)[nH]c(N)nc21. The van der Waals surface area contributed by atoms with Crippen LogP contribution in [-0.4, -0.2) is 114 Å². The smallest absolute Gasteiger partial charge is 0.325 e. The summed E-state index contributed by atoms with van der Waals surface area (Å²) in [6.07, 6.45) is -4.55. The predicted molar refractivity (Wildman–Crippen MR) is 165 cm³/mol. The number of nitrogen functional groups attached to an aromatic ring is 1. The van der Waals surface area contributed by atoms with Crippen molar-refractivity contribution >= 4 is 78.5 Å². The lowest BCUT2D eigenvalue weighted by molar-refractivity contribution is -0.0682. The fraction of sp³-hybridized carbons (Fsp3) is 0.571. The molecular formula is C21H25F2N9O8P2S3. The van der Waals surface area contributed by atoms with Crippen LogP contribution in [0.5, 0.6) is 0 Å². The quantitative estimate of drug-likeness (QED) is 0.255. The maximum absolute atomic E-state index is 16.1. The summed E-state index contributed by atoms with van der Waals surface area (Å²) in [6, 6.07) is -0.561. The number of aliphatic imine (C=N–C) groups is 2. The van der Waals surface area contributed by atoms with E-state index in [4.69, 9.17) is 57.9 Å². The summed E-state index contributed by atoms with van der Waals surface area (Å²) in [5.74, 6) is -0.205. The fourth-order valence-electron chi connectivity index (χ4n) is 5.60. The summed E-state index contributed by atoms with van der Waals surface area (Å²) in [5, 5.41) is -2.09. The van der Waals surface area contributed by atoms with Gasteiger partial charge in [0.1, 0.15) is 35.9 Å². The van der Waals surface area contributed by atoms with Crippen molar-refractivity contribution in [1.82, 2.24) is 24.4 Å². The van der Waals surface area contributed by atoms with Crippen LogP contribution in [-0.2, 0) is 46.4 Å². The number of nitrogens with one attached hydrogen (secondary N) is 1. The van der Waals surface area contributed by atoms with Gasteiger partial charge in [-0.2, -0.15) is 4.98 Å². The number of ether oxygens (including phenoxy) is 1. The van der Waals surface area contributed by atoms with Crippen LogP contribution in [0.4, 0.5) is 14.7 Å². The van der Waals surface area contributed by atoms with E-state index in [0.29, 0.717) is 5.70 Å². The van der Waals surface area contributed by atoms with Crippen LogP contribution in [0, 0.1) is 0 Å². The van der Waals surface area contributed by atoms with Crippen molar-refractivity contribution in [2.24, 2.45) is 15.7 Å². The van der Waals surface area contributed by atoms with Gasteiger partial charge in [-0.1, -0.05) is 0 Å². The number of nitrogens with two attached hydrogens (primary N) is 2. The van der Waals surface area contributed by atoms with Crippen LogP contribution >= 0.6 is 25.2 Å². The van der Waals surface area contributed by atoms with Gasteiger partial charge >= 0.3 is 13.4 Å². The molecule has 2 bridgehead atoms. The first kappa shape index (κ1) is 31.6. The average molecular weight is 728 g/mol. The second kappa shape index (κ2) is 11.6. The number of halogens is 2. The number of allylic oxidation sites excluding steroid dienone is 1. The van der Waals surface area contributed by atoms with Crippen molar-refractivity contribution in [2.45, 2.75) is 59.7 Å². The maximum Gasteiger partial charge on any atom is 0.325 e. The zero-order valence-electron chi connectivity index (χ0n) is 22.6. The molecule has 2 aromatic rings. The van der Waals surface area contributed by atoms with Gasteiger partial charge in [0.25, 0.3) is 5.56 Å². The first-order chi connectivity index (χ1) is 21.3. The minimum atomic E-state index is -4.26. The van der Waals surface area contributed by atoms with Gasteiger partial charge in [0.15, 0.2) is 29.7 Å². The number of anilines is 1. The zero-order chi connectivity index (χ0) is 31.8. The third-order valence-electron chi connectivity index (χ3n) is 7.66. The first-order valence-electron chi connectivity index (χ1n) is 13.2. The van der Waals surface area contributed by atoms with E-state index in [1.165, 1.54) is 28.3 Å². The van der Waals surface area contributed by atoms with E-state index in [9.17, 15) is 14.6 Å². The highest BCUT2D eigenvalue weighted by Crippen LogP contribution is 2.57. The molecule has 24 heteroatoms. The van der Waals surface area contributed by atoms with Gasteiger partial charge in [0.2, 0.25) is 5.95 Å².